The molecule has 0 aliphatic carbocycles. The van der Waals surface area contributed by atoms with E-state index in [9.17, 15) is 14.7 Å². The second-order valence-corrected chi connectivity index (χ2v) is 8.99. The smallest absolute Gasteiger partial charge is 0.295 e. The van der Waals surface area contributed by atoms with Gasteiger partial charge in [-0.15, -0.1) is 0 Å². The first-order valence-corrected chi connectivity index (χ1v) is 11.4. The van der Waals surface area contributed by atoms with Crippen LogP contribution in [0.15, 0.2) is 48.0 Å². The zero-order chi connectivity index (χ0) is 24.4. The van der Waals surface area contributed by atoms with Gasteiger partial charge in [0.15, 0.2) is 11.5 Å². The van der Waals surface area contributed by atoms with Gasteiger partial charge in [0.2, 0.25) is 0 Å². The van der Waals surface area contributed by atoms with Crippen molar-refractivity contribution in [3.63, 3.8) is 0 Å². The highest BCUT2D eigenvalue weighted by molar-refractivity contribution is 6.46. The van der Waals surface area contributed by atoms with Gasteiger partial charge < -0.3 is 29.3 Å². The third-order valence-electron chi connectivity index (χ3n) is 6.09. The van der Waals surface area contributed by atoms with Crippen molar-refractivity contribution < 1.29 is 24.2 Å². The normalized spacial score (nSPS) is 19.1. The lowest BCUT2D eigenvalue weighted by molar-refractivity contribution is -0.139. The molecule has 0 spiro atoms. The molecule has 0 unspecified atom stereocenters. The van der Waals surface area contributed by atoms with Crippen LogP contribution in [0.5, 0.6) is 11.5 Å². The molecule has 34 heavy (non-hydrogen) atoms. The molecule has 1 N–H and O–H groups in total. The number of ketones is 1. The molecule has 2 heterocycles. The molecule has 1 amide bonds. The van der Waals surface area contributed by atoms with E-state index in [1.807, 2.05) is 62.3 Å². The molecule has 2 aliphatic rings. The lowest BCUT2D eigenvalue weighted by Crippen LogP contribution is -2.32. The minimum atomic E-state index is -0.682. The topological polar surface area (TPSA) is 82.6 Å². The van der Waals surface area contributed by atoms with Crippen LogP contribution in [0.25, 0.3) is 5.76 Å². The number of carbonyl (C=O) groups is 2. The fourth-order valence-electron chi connectivity index (χ4n) is 4.32. The third-order valence-corrected chi connectivity index (χ3v) is 6.09. The van der Waals surface area contributed by atoms with Crippen LogP contribution in [-0.2, 0) is 9.59 Å². The molecule has 180 valence electrons. The molecule has 1 atom stereocenters. The van der Waals surface area contributed by atoms with E-state index < -0.39 is 17.7 Å². The average Bonchev–Trinajstić information content (AvgIpc) is 3.08. The Labute approximate surface area is 200 Å². The summed E-state index contributed by atoms with van der Waals surface area (Å²) in [6, 6.07) is 12.1. The average molecular weight is 466 g/mol. The second-order valence-electron chi connectivity index (χ2n) is 8.99. The molecule has 2 aromatic rings. The van der Waals surface area contributed by atoms with Crippen molar-refractivity contribution in [3.05, 3.63) is 59.2 Å². The largest absolute Gasteiger partial charge is 0.507 e. The first-order valence-electron chi connectivity index (χ1n) is 11.4. The maximum absolute atomic E-state index is 13.2. The molecular formula is C26H31N3O5. The molecule has 1 saturated heterocycles. The van der Waals surface area contributed by atoms with Crippen molar-refractivity contribution in [2.45, 2.75) is 12.5 Å². The summed E-state index contributed by atoms with van der Waals surface area (Å²) in [4.78, 5) is 31.9. The first-order chi connectivity index (χ1) is 16.3. The van der Waals surface area contributed by atoms with E-state index in [1.54, 1.807) is 23.1 Å². The van der Waals surface area contributed by atoms with Crippen LogP contribution in [0, 0.1) is 0 Å². The van der Waals surface area contributed by atoms with Crippen LogP contribution in [0.4, 0.5) is 5.69 Å². The summed E-state index contributed by atoms with van der Waals surface area (Å²) in [5.74, 6) is -0.407. The molecule has 1 fully saturated rings. The van der Waals surface area contributed by atoms with Crippen molar-refractivity contribution in [3.8, 4) is 11.5 Å². The van der Waals surface area contributed by atoms with Crippen LogP contribution in [0.2, 0.25) is 0 Å². The van der Waals surface area contributed by atoms with Gasteiger partial charge in [-0.05, 0) is 63.0 Å². The quantitative estimate of drug-likeness (QED) is 0.383. The number of ether oxygens (including phenoxy) is 2. The summed E-state index contributed by atoms with van der Waals surface area (Å²) in [5, 5.41) is 11.3. The Morgan fingerprint density at radius 3 is 2.32 bits per heavy atom. The van der Waals surface area contributed by atoms with E-state index in [1.165, 1.54) is 0 Å². The SMILES string of the molecule is CN(C)CCCN1C(=O)C(=O)/C(=C(/O)c2ccc3c(c2)OCCO3)[C@H]1c1ccc(N(C)C)cc1. The summed E-state index contributed by atoms with van der Waals surface area (Å²) in [6.45, 7) is 2.04. The molecule has 8 heteroatoms. The zero-order valence-electron chi connectivity index (χ0n) is 20.1. The van der Waals surface area contributed by atoms with E-state index >= 15 is 0 Å². The van der Waals surface area contributed by atoms with E-state index in [2.05, 4.69) is 0 Å². The molecule has 0 radical (unpaired) electrons. The van der Waals surface area contributed by atoms with Crippen LogP contribution < -0.4 is 14.4 Å². The van der Waals surface area contributed by atoms with Gasteiger partial charge >= 0.3 is 0 Å². The van der Waals surface area contributed by atoms with Crippen LogP contribution in [0.1, 0.15) is 23.6 Å². The van der Waals surface area contributed by atoms with Crippen LogP contribution in [0.3, 0.4) is 0 Å². The van der Waals surface area contributed by atoms with Crippen molar-refractivity contribution in [1.29, 1.82) is 0 Å². The standard InChI is InChI=1S/C26H31N3O5/c1-27(2)12-5-13-29-23(17-6-9-19(10-7-17)28(3)4)22(25(31)26(29)32)24(30)18-8-11-20-21(16-18)34-15-14-33-20/h6-11,16,23,30H,5,12-15H2,1-4H3/b24-22+/t23-/m1/s1. The van der Waals surface area contributed by atoms with Gasteiger partial charge in [-0.3, -0.25) is 9.59 Å². The maximum atomic E-state index is 13.2. The first kappa shape index (κ1) is 23.6. The van der Waals surface area contributed by atoms with Crippen molar-refractivity contribution >= 4 is 23.1 Å². The molecule has 2 aromatic carbocycles. The predicted molar refractivity (Wildman–Crippen MR) is 130 cm³/mol. The lowest BCUT2D eigenvalue weighted by Gasteiger charge is -2.26. The number of aliphatic hydroxyl groups excluding tert-OH is 1. The number of fused-ring (bicyclic) bond motifs is 1. The molecule has 0 aromatic heterocycles. The third kappa shape index (κ3) is 4.59. The number of hydrogen-bond donors (Lipinski definition) is 1. The zero-order valence-corrected chi connectivity index (χ0v) is 20.1. The fourth-order valence-corrected chi connectivity index (χ4v) is 4.32. The van der Waals surface area contributed by atoms with E-state index in [0.717, 1.165) is 17.8 Å². The van der Waals surface area contributed by atoms with E-state index in [4.69, 9.17) is 9.47 Å². The highest BCUT2D eigenvalue weighted by Gasteiger charge is 2.45. The van der Waals surface area contributed by atoms with Crippen molar-refractivity contribution in [1.82, 2.24) is 9.80 Å². The van der Waals surface area contributed by atoms with Gasteiger partial charge in [-0.2, -0.15) is 0 Å². The molecule has 0 bridgehead atoms. The van der Waals surface area contributed by atoms with Gasteiger partial charge in [0.25, 0.3) is 11.7 Å². The van der Waals surface area contributed by atoms with Crippen LogP contribution in [-0.4, -0.2) is 81.1 Å². The van der Waals surface area contributed by atoms with E-state index in [0.29, 0.717) is 43.2 Å². The Morgan fingerprint density at radius 1 is 1.00 bits per heavy atom. The minimum absolute atomic E-state index is 0.0872. The Kier molecular flexibility index (Phi) is 6.79. The summed E-state index contributed by atoms with van der Waals surface area (Å²) in [7, 11) is 7.83. The molecule has 4 rings (SSSR count). The molecule has 0 saturated carbocycles. The predicted octanol–water partition coefficient (Wildman–Crippen LogP) is 2.90. The Bertz CT molecular complexity index is 1110. The summed E-state index contributed by atoms with van der Waals surface area (Å²) < 4.78 is 11.2. The maximum Gasteiger partial charge on any atom is 0.295 e. The number of carbonyl (C=O) groups excluding carboxylic acids is 2. The number of nitrogens with zero attached hydrogens (tertiary/aromatic N) is 3. The Balaban J connectivity index is 1.78. The number of hydrogen-bond acceptors (Lipinski definition) is 7. The van der Waals surface area contributed by atoms with Gasteiger partial charge in [0, 0.05) is 31.9 Å². The molecule has 2 aliphatic heterocycles. The number of anilines is 1. The van der Waals surface area contributed by atoms with Gasteiger partial charge in [0.1, 0.15) is 19.0 Å². The van der Waals surface area contributed by atoms with E-state index in [-0.39, 0.29) is 11.3 Å². The minimum Gasteiger partial charge on any atom is -0.507 e. The fraction of sp³-hybridized carbons (Fsp3) is 0.385. The van der Waals surface area contributed by atoms with Crippen molar-refractivity contribution in [2.24, 2.45) is 0 Å². The highest BCUT2D eigenvalue weighted by Crippen LogP contribution is 2.41. The van der Waals surface area contributed by atoms with Crippen molar-refractivity contribution in [2.75, 3.05) is 59.4 Å². The van der Waals surface area contributed by atoms with Gasteiger partial charge in [-0.1, -0.05) is 12.1 Å². The summed E-state index contributed by atoms with van der Waals surface area (Å²) in [5.41, 5.74) is 2.27. The van der Waals surface area contributed by atoms with Gasteiger partial charge in [0.05, 0.1) is 11.6 Å². The number of Topliss-reactive ketones (excluding diaryl/α,β-unsaturated/α-hetero) is 1. The lowest BCUT2D eigenvalue weighted by atomic mass is 9.95. The summed E-state index contributed by atoms with van der Waals surface area (Å²) >= 11 is 0. The molecule has 8 nitrogen and oxygen atoms in total. The highest BCUT2D eigenvalue weighted by atomic mass is 16.6. The second kappa shape index (κ2) is 9.77. The van der Waals surface area contributed by atoms with Gasteiger partial charge in [-0.25, -0.2) is 0 Å². The number of amides is 1. The number of rotatable bonds is 7. The number of benzene rings is 2. The Morgan fingerprint density at radius 2 is 1.68 bits per heavy atom. The number of likely N-dealkylation sites (tertiary alicyclic amines) is 1. The number of aliphatic hydroxyl groups is 1. The Hall–Kier alpha value is -3.52. The summed E-state index contributed by atoms with van der Waals surface area (Å²) in [6.07, 6.45) is 0.705. The monoisotopic (exact) mass is 465 g/mol. The molecular weight excluding hydrogens is 434 g/mol. The van der Waals surface area contributed by atoms with Crippen LogP contribution >= 0.6 is 0 Å².